The van der Waals surface area contributed by atoms with E-state index < -0.39 is 4.92 Å². The molecule has 4 aromatic rings. The van der Waals surface area contributed by atoms with E-state index in [1.54, 1.807) is 12.3 Å². The van der Waals surface area contributed by atoms with Crippen LogP contribution in [-0.2, 0) is 0 Å². The molecule has 0 aliphatic carbocycles. The number of nitro benzene ring substituents is 1. The third kappa shape index (κ3) is 3.75. The fourth-order valence-corrected chi connectivity index (χ4v) is 3.23. The van der Waals surface area contributed by atoms with E-state index in [-0.39, 0.29) is 10.7 Å². The van der Waals surface area contributed by atoms with Gasteiger partial charge >= 0.3 is 0 Å². The number of nitrogens with zero attached hydrogens (tertiary/aromatic N) is 3. The maximum atomic E-state index is 11.1. The molecule has 0 radical (unpaired) electrons. The lowest BCUT2D eigenvalue weighted by molar-refractivity contribution is -0.384. The van der Waals surface area contributed by atoms with Crippen molar-refractivity contribution >= 4 is 40.3 Å². The van der Waals surface area contributed by atoms with E-state index in [1.165, 1.54) is 12.1 Å². The van der Waals surface area contributed by atoms with Gasteiger partial charge in [0.1, 0.15) is 10.5 Å². The molecule has 0 fully saturated rings. The average Bonchev–Trinajstić information content (AvgIpc) is 3.10. The summed E-state index contributed by atoms with van der Waals surface area (Å²) in [6.07, 6.45) is 1.57. The summed E-state index contributed by atoms with van der Waals surface area (Å²) in [4.78, 5) is 19.6. The van der Waals surface area contributed by atoms with Gasteiger partial charge in [0, 0.05) is 17.8 Å². The van der Waals surface area contributed by atoms with Crippen molar-refractivity contribution in [2.45, 2.75) is 13.8 Å². The Labute approximate surface area is 171 Å². The van der Waals surface area contributed by atoms with Crippen LogP contribution in [0.1, 0.15) is 16.7 Å². The van der Waals surface area contributed by atoms with E-state index in [0.29, 0.717) is 11.5 Å². The SMILES string of the molecule is Cc1ccc2oc(-c3cccc(N=Cc4ccc(Cl)c([N+](=O)[O-])c4)c3C)nc2c1. The Morgan fingerprint density at radius 3 is 2.76 bits per heavy atom. The van der Waals surface area contributed by atoms with Crippen LogP contribution in [0.3, 0.4) is 0 Å². The van der Waals surface area contributed by atoms with Gasteiger partial charge in [-0.15, -0.1) is 0 Å². The topological polar surface area (TPSA) is 81.5 Å². The van der Waals surface area contributed by atoms with Gasteiger partial charge in [-0.2, -0.15) is 0 Å². The number of rotatable bonds is 4. The molecule has 1 heterocycles. The lowest BCUT2D eigenvalue weighted by Crippen LogP contribution is -1.91. The fraction of sp³-hybridized carbons (Fsp3) is 0.0909. The lowest BCUT2D eigenvalue weighted by atomic mass is 10.1. The van der Waals surface area contributed by atoms with Crippen molar-refractivity contribution < 1.29 is 9.34 Å². The Morgan fingerprint density at radius 1 is 1.14 bits per heavy atom. The third-order valence-electron chi connectivity index (χ3n) is 4.60. The zero-order chi connectivity index (χ0) is 20.5. The van der Waals surface area contributed by atoms with Crippen molar-refractivity contribution in [3.8, 4) is 11.5 Å². The minimum atomic E-state index is -0.513. The van der Waals surface area contributed by atoms with E-state index in [4.69, 9.17) is 16.0 Å². The Morgan fingerprint density at radius 2 is 1.97 bits per heavy atom. The molecule has 6 nitrogen and oxygen atoms in total. The van der Waals surface area contributed by atoms with Crippen LogP contribution in [0, 0.1) is 24.0 Å². The number of aromatic nitrogens is 1. The summed E-state index contributed by atoms with van der Waals surface area (Å²) in [6.45, 7) is 3.95. The number of aliphatic imine (C=N–C) groups is 1. The van der Waals surface area contributed by atoms with Gasteiger partial charge in [0.25, 0.3) is 5.69 Å². The van der Waals surface area contributed by atoms with Crippen LogP contribution < -0.4 is 0 Å². The van der Waals surface area contributed by atoms with E-state index in [9.17, 15) is 10.1 Å². The molecular formula is C22H16ClN3O3. The van der Waals surface area contributed by atoms with Crippen molar-refractivity contribution in [1.29, 1.82) is 0 Å². The first-order valence-corrected chi connectivity index (χ1v) is 9.25. The van der Waals surface area contributed by atoms with Crippen LogP contribution in [0.25, 0.3) is 22.6 Å². The molecule has 144 valence electrons. The van der Waals surface area contributed by atoms with Gasteiger partial charge in [0.2, 0.25) is 5.89 Å². The van der Waals surface area contributed by atoms with Crippen LogP contribution in [0.2, 0.25) is 5.02 Å². The Bertz CT molecular complexity index is 1280. The summed E-state index contributed by atoms with van der Waals surface area (Å²) in [5, 5.41) is 11.2. The second-order valence-corrected chi connectivity index (χ2v) is 7.07. The minimum Gasteiger partial charge on any atom is -0.436 e. The Kier molecular flexibility index (Phi) is 4.86. The molecule has 3 aromatic carbocycles. The second kappa shape index (κ2) is 7.48. The highest BCUT2D eigenvalue weighted by atomic mass is 35.5. The summed E-state index contributed by atoms with van der Waals surface area (Å²) in [5.41, 5.74) is 5.55. The monoisotopic (exact) mass is 405 g/mol. The number of benzene rings is 3. The largest absolute Gasteiger partial charge is 0.436 e. The van der Waals surface area contributed by atoms with Gasteiger partial charge in [-0.3, -0.25) is 15.1 Å². The van der Waals surface area contributed by atoms with E-state index >= 15 is 0 Å². The minimum absolute atomic E-state index is 0.0940. The van der Waals surface area contributed by atoms with Crippen LogP contribution in [-0.4, -0.2) is 16.1 Å². The summed E-state index contributed by atoms with van der Waals surface area (Å²) in [6, 6.07) is 16.1. The van der Waals surface area contributed by atoms with Crippen LogP contribution in [0.4, 0.5) is 11.4 Å². The Balaban J connectivity index is 1.70. The molecule has 1 aromatic heterocycles. The van der Waals surface area contributed by atoms with Crippen molar-refractivity contribution in [2.75, 3.05) is 0 Å². The zero-order valence-corrected chi connectivity index (χ0v) is 16.5. The molecule has 0 unspecified atom stereocenters. The van der Waals surface area contributed by atoms with Crippen LogP contribution in [0.15, 0.2) is 64.0 Å². The van der Waals surface area contributed by atoms with Crippen molar-refractivity contribution in [3.05, 3.63) is 86.4 Å². The molecule has 0 bridgehead atoms. The predicted octanol–water partition coefficient (Wildman–Crippen LogP) is 6.42. The van der Waals surface area contributed by atoms with Gasteiger partial charge in [0.05, 0.1) is 10.6 Å². The first-order chi connectivity index (χ1) is 13.9. The fourth-order valence-electron chi connectivity index (χ4n) is 3.04. The smallest absolute Gasteiger partial charge is 0.288 e. The van der Waals surface area contributed by atoms with Gasteiger partial charge in [0.15, 0.2) is 5.58 Å². The number of hydrogen-bond donors (Lipinski definition) is 0. The molecule has 4 rings (SSSR count). The number of hydrogen-bond acceptors (Lipinski definition) is 5. The van der Waals surface area contributed by atoms with Crippen LogP contribution >= 0.6 is 11.6 Å². The predicted molar refractivity (Wildman–Crippen MR) is 114 cm³/mol. The van der Waals surface area contributed by atoms with Crippen molar-refractivity contribution in [2.24, 2.45) is 4.99 Å². The highest BCUT2D eigenvalue weighted by Gasteiger charge is 2.14. The average molecular weight is 406 g/mol. The third-order valence-corrected chi connectivity index (χ3v) is 4.92. The summed E-state index contributed by atoms with van der Waals surface area (Å²) in [5.74, 6) is 0.530. The molecule has 0 aliphatic rings. The normalized spacial score (nSPS) is 11.4. The zero-order valence-electron chi connectivity index (χ0n) is 15.7. The van der Waals surface area contributed by atoms with Gasteiger partial charge in [-0.05, 0) is 60.9 Å². The molecule has 7 heteroatoms. The standard InChI is InChI=1S/C22H16ClN3O3/c1-13-6-9-21-19(10-13)25-22(29-21)16-4-3-5-18(14(16)2)24-12-15-7-8-17(23)20(11-15)26(27)28/h3-12H,1-2H3. The number of aryl methyl sites for hydroxylation is 1. The molecule has 0 amide bonds. The van der Waals surface area contributed by atoms with Gasteiger partial charge in [-0.1, -0.05) is 29.8 Å². The molecule has 0 aliphatic heterocycles. The van der Waals surface area contributed by atoms with Crippen molar-refractivity contribution in [1.82, 2.24) is 4.98 Å². The van der Waals surface area contributed by atoms with Crippen molar-refractivity contribution in [3.63, 3.8) is 0 Å². The summed E-state index contributed by atoms with van der Waals surface area (Å²) in [7, 11) is 0. The molecule has 29 heavy (non-hydrogen) atoms. The molecule has 0 N–H and O–H groups in total. The number of halogens is 1. The lowest BCUT2D eigenvalue weighted by Gasteiger charge is -2.05. The summed E-state index contributed by atoms with van der Waals surface area (Å²) >= 11 is 5.86. The first-order valence-electron chi connectivity index (χ1n) is 8.87. The number of nitro groups is 1. The van der Waals surface area contributed by atoms with E-state index in [1.807, 2.05) is 50.2 Å². The highest BCUT2D eigenvalue weighted by Crippen LogP contribution is 2.32. The van der Waals surface area contributed by atoms with E-state index in [0.717, 1.165) is 33.5 Å². The van der Waals surface area contributed by atoms with Gasteiger partial charge in [-0.25, -0.2) is 4.98 Å². The second-order valence-electron chi connectivity index (χ2n) is 6.67. The van der Waals surface area contributed by atoms with Gasteiger partial charge < -0.3 is 4.42 Å². The molecule has 0 saturated heterocycles. The molecule has 0 saturated carbocycles. The molecular weight excluding hydrogens is 390 g/mol. The number of oxazole rings is 1. The maximum absolute atomic E-state index is 11.1. The Hall–Kier alpha value is -3.51. The molecule has 0 spiro atoms. The number of fused-ring (bicyclic) bond motifs is 1. The quantitative estimate of drug-likeness (QED) is 0.223. The van der Waals surface area contributed by atoms with E-state index in [2.05, 4.69) is 9.98 Å². The molecule has 0 atom stereocenters. The van der Waals surface area contributed by atoms with Crippen LogP contribution in [0.5, 0.6) is 0 Å². The highest BCUT2D eigenvalue weighted by molar-refractivity contribution is 6.32. The summed E-state index contributed by atoms with van der Waals surface area (Å²) < 4.78 is 5.91. The maximum Gasteiger partial charge on any atom is 0.288 e. The first kappa shape index (κ1) is 18.8.